The van der Waals surface area contributed by atoms with Crippen LogP contribution in [-0.2, 0) is 4.74 Å². The second-order valence-electron chi connectivity index (χ2n) is 5.72. The molecule has 6 nitrogen and oxygen atoms in total. The third-order valence-electron chi connectivity index (χ3n) is 4.19. The van der Waals surface area contributed by atoms with Crippen molar-refractivity contribution in [2.75, 3.05) is 6.61 Å². The summed E-state index contributed by atoms with van der Waals surface area (Å²) >= 11 is 0. The fraction of sp³-hybridized carbons (Fsp3) is 0.0500. The molecule has 3 aromatic rings. The van der Waals surface area contributed by atoms with Gasteiger partial charge in [0.05, 0.1) is 16.8 Å². The number of hydrogen-bond donors (Lipinski definition) is 1. The predicted octanol–water partition coefficient (Wildman–Crippen LogP) is 3.83. The van der Waals surface area contributed by atoms with Gasteiger partial charge < -0.3 is 9.84 Å². The molecule has 2 heterocycles. The van der Waals surface area contributed by atoms with Gasteiger partial charge in [-0.15, -0.1) is 0 Å². The van der Waals surface area contributed by atoms with Crippen LogP contribution in [0.25, 0.3) is 10.9 Å². The monoisotopic (exact) mass is 346 g/mol. The van der Waals surface area contributed by atoms with Crippen LogP contribution in [0, 0.1) is 0 Å². The number of aromatic nitrogens is 1. The molecule has 0 atom stereocenters. The highest BCUT2D eigenvalue weighted by Gasteiger charge is 2.32. The molecule has 1 aliphatic heterocycles. The fourth-order valence-electron chi connectivity index (χ4n) is 3.07. The van der Waals surface area contributed by atoms with Crippen LogP contribution in [-0.4, -0.2) is 33.9 Å². The van der Waals surface area contributed by atoms with Crippen molar-refractivity contribution in [1.82, 2.24) is 4.57 Å². The van der Waals surface area contributed by atoms with Gasteiger partial charge in [0.15, 0.2) is 0 Å². The average Bonchev–Trinajstić information content (AvgIpc) is 3.13. The molecule has 0 fully saturated rings. The number of para-hydroxylation sites is 2. The zero-order chi connectivity index (χ0) is 18.3. The van der Waals surface area contributed by atoms with Gasteiger partial charge in [-0.2, -0.15) is 0 Å². The third kappa shape index (κ3) is 2.23. The van der Waals surface area contributed by atoms with Crippen LogP contribution in [0.5, 0.6) is 5.88 Å². The van der Waals surface area contributed by atoms with E-state index < -0.39 is 6.09 Å². The lowest BCUT2D eigenvalue weighted by molar-refractivity contribution is 0.106. The van der Waals surface area contributed by atoms with E-state index in [2.05, 4.69) is 11.6 Å². The number of benzene rings is 2. The quantitative estimate of drug-likeness (QED) is 0.731. The average molecular weight is 346 g/mol. The molecular weight excluding hydrogens is 332 g/mol. The van der Waals surface area contributed by atoms with Gasteiger partial charge in [0.2, 0.25) is 11.7 Å². The minimum Gasteiger partial charge on any atom is -0.494 e. The van der Waals surface area contributed by atoms with Crippen LogP contribution < -0.4 is 0 Å². The first-order valence-electron chi connectivity index (χ1n) is 7.96. The summed E-state index contributed by atoms with van der Waals surface area (Å²) in [5.74, 6) is -0.668. The van der Waals surface area contributed by atoms with Crippen molar-refractivity contribution < 1.29 is 19.4 Å². The standard InChI is InChI=1S/C20H14N2O4/c1-2-11-26-20(25)22-15-10-6-4-8-13(15)16(19(22)24)17-18(23)12-7-3-5-9-14(12)21-17/h2-10,24H,1,11H2. The number of fused-ring (bicyclic) bond motifs is 2. The Bertz CT molecular complexity index is 1110. The maximum Gasteiger partial charge on any atom is 0.421 e. The Labute approximate surface area is 148 Å². The lowest BCUT2D eigenvalue weighted by Gasteiger charge is -2.05. The molecule has 0 spiro atoms. The fourth-order valence-corrected chi connectivity index (χ4v) is 3.07. The molecule has 2 aromatic carbocycles. The minimum atomic E-state index is -0.756. The van der Waals surface area contributed by atoms with Gasteiger partial charge in [-0.3, -0.25) is 4.79 Å². The van der Waals surface area contributed by atoms with Gasteiger partial charge in [0, 0.05) is 10.9 Å². The van der Waals surface area contributed by atoms with Crippen molar-refractivity contribution >= 4 is 34.2 Å². The molecule has 0 bridgehead atoms. The summed E-state index contributed by atoms with van der Waals surface area (Å²) in [4.78, 5) is 29.5. The first-order chi connectivity index (χ1) is 12.6. The van der Waals surface area contributed by atoms with Crippen LogP contribution in [0.4, 0.5) is 10.5 Å². The van der Waals surface area contributed by atoms with Crippen molar-refractivity contribution in [1.29, 1.82) is 0 Å². The Morgan fingerprint density at radius 3 is 2.69 bits per heavy atom. The number of ketones is 1. The van der Waals surface area contributed by atoms with Crippen LogP contribution in [0.2, 0.25) is 0 Å². The third-order valence-corrected chi connectivity index (χ3v) is 4.19. The molecule has 4 rings (SSSR count). The van der Waals surface area contributed by atoms with Crippen LogP contribution in [0.3, 0.4) is 0 Å². The molecule has 1 aliphatic rings. The van der Waals surface area contributed by atoms with E-state index in [9.17, 15) is 14.7 Å². The molecule has 0 unspecified atom stereocenters. The molecule has 0 radical (unpaired) electrons. The van der Waals surface area contributed by atoms with Gasteiger partial charge in [-0.1, -0.05) is 43.0 Å². The first kappa shape index (κ1) is 15.8. The molecule has 1 N–H and O–H groups in total. The number of rotatable bonds is 3. The van der Waals surface area contributed by atoms with E-state index in [4.69, 9.17) is 4.74 Å². The van der Waals surface area contributed by atoms with Gasteiger partial charge in [-0.05, 0) is 18.2 Å². The first-order valence-corrected chi connectivity index (χ1v) is 7.96. The van der Waals surface area contributed by atoms with Gasteiger partial charge >= 0.3 is 6.09 Å². The number of carbonyl (C=O) groups is 2. The van der Waals surface area contributed by atoms with Crippen LogP contribution in [0.1, 0.15) is 15.9 Å². The van der Waals surface area contributed by atoms with Crippen LogP contribution >= 0.6 is 0 Å². The summed E-state index contributed by atoms with van der Waals surface area (Å²) in [6.45, 7) is 3.50. The van der Waals surface area contributed by atoms with Gasteiger partial charge in [-0.25, -0.2) is 14.4 Å². The maximum absolute atomic E-state index is 12.8. The summed E-state index contributed by atoms with van der Waals surface area (Å²) in [5, 5.41) is 11.3. The topological polar surface area (TPSA) is 80.9 Å². The van der Waals surface area contributed by atoms with E-state index in [1.807, 2.05) is 0 Å². The molecule has 0 saturated carbocycles. The molecule has 0 saturated heterocycles. The van der Waals surface area contributed by atoms with Crippen molar-refractivity contribution in [2.24, 2.45) is 4.99 Å². The van der Waals surface area contributed by atoms with Gasteiger partial charge in [0.25, 0.3) is 0 Å². The molecule has 128 valence electrons. The second-order valence-corrected chi connectivity index (χ2v) is 5.72. The number of ether oxygens (including phenoxy) is 1. The Morgan fingerprint density at radius 1 is 1.19 bits per heavy atom. The molecule has 0 amide bonds. The number of carbonyl (C=O) groups excluding carboxylic acids is 2. The summed E-state index contributed by atoms with van der Waals surface area (Å²) in [7, 11) is 0. The van der Waals surface area contributed by atoms with E-state index in [0.717, 1.165) is 4.57 Å². The Morgan fingerprint density at radius 2 is 1.92 bits per heavy atom. The number of aliphatic imine (C=N–C) groups is 1. The highest BCUT2D eigenvalue weighted by molar-refractivity contribution is 6.56. The number of aromatic hydroxyl groups is 1. The van der Waals surface area contributed by atoms with E-state index in [1.54, 1.807) is 48.5 Å². The molecule has 26 heavy (non-hydrogen) atoms. The largest absolute Gasteiger partial charge is 0.494 e. The second kappa shape index (κ2) is 6.00. The Kier molecular flexibility index (Phi) is 3.65. The van der Waals surface area contributed by atoms with Crippen molar-refractivity contribution in [3.8, 4) is 5.88 Å². The number of Topliss-reactive ketones (excluding diaryl/α,β-unsaturated/α-hetero) is 1. The maximum atomic E-state index is 12.8. The highest BCUT2D eigenvalue weighted by Crippen LogP contribution is 2.37. The van der Waals surface area contributed by atoms with E-state index in [1.165, 1.54) is 6.08 Å². The van der Waals surface area contributed by atoms with E-state index in [0.29, 0.717) is 22.2 Å². The van der Waals surface area contributed by atoms with Crippen molar-refractivity contribution in [2.45, 2.75) is 0 Å². The number of hydrogen-bond acceptors (Lipinski definition) is 5. The Balaban J connectivity index is 1.93. The van der Waals surface area contributed by atoms with Gasteiger partial charge in [0.1, 0.15) is 12.3 Å². The lowest BCUT2D eigenvalue weighted by atomic mass is 10.0. The summed E-state index contributed by atoms with van der Waals surface area (Å²) in [6, 6.07) is 13.8. The summed E-state index contributed by atoms with van der Waals surface area (Å²) in [5.41, 5.74) is 1.76. The SMILES string of the molecule is C=CCOC(=O)n1c(O)c(C2=Nc3ccccc3C2=O)c2ccccc21. The molecule has 1 aromatic heterocycles. The zero-order valence-corrected chi connectivity index (χ0v) is 13.7. The summed E-state index contributed by atoms with van der Waals surface area (Å²) < 4.78 is 6.09. The predicted molar refractivity (Wildman–Crippen MR) is 97.5 cm³/mol. The van der Waals surface area contributed by atoms with E-state index >= 15 is 0 Å². The lowest BCUT2D eigenvalue weighted by Crippen LogP contribution is -2.14. The normalized spacial score (nSPS) is 12.8. The minimum absolute atomic E-state index is 0.00539. The molecule has 0 aliphatic carbocycles. The zero-order valence-electron chi connectivity index (χ0n) is 13.7. The highest BCUT2D eigenvalue weighted by atomic mass is 16.6. The van der Waals surface area contributed by atoms with Crippen molar-refractivity contribution in [3.63, 3.8) is 0 Å². The smallest absolute Gasteiger partial charge is 0.421 e. The Hall–Kier alpha value is -3.67. The summed E-state index contributed by atoms with van der Waals surface area (Å²) in [6.07, 6.45) is 0.677. The van der Waals surface area contributed by atoms with Crippen LogP contribution in [0.15, 0.2) is 66.2 Å². The molecule has 6 heteroatoms. The molecular formula is C20H14N2O4. The van der Waals surface area contributed by atoms with Crippen molar-refractivity contribution in [3.05, 3.63) is 72.3 Å². The number of nitrogens with zero attached hydrogens (tertiary/aromatic N) is 2. The van der Waals surface area contributed by atoms with E-state index in [-0.39, 0.29) is 29.5 Å².